The Morgan fingerprint density at radius 2 is 1.90 bits per heavy atom. The van der Waals surface area contributed by atoms with Crippen LogP contribution in [-0.2, 0) is 26.6 Å². The van der Waals surface area contributed by atoms with Gasteiger partial charge in [-0.25, -0.2) is 13.4 Å². The van der Waals surface area contributed by atoms with E-state index in [0.29, 0.717) is 6.42 Å². The summed E-state index contributed by atoms with van der Waals surface area (Å²) in [7, 11) is -8.82. The Morgan fingerprint density at radius 3 is 2.62 bits per heavy atom. The monoisotopic (exact) mass is 612 g/mol. The molecule has 2 aromatic carbocycles. The first kappa shape index (κ1) is 28.7. The molecular formula is C26H24N6O8S2. The van der Waals surface area contributed by atoms with Crippen LogP contribution in [0, 0.1) is 16.0 Å². The van der Waals surface area contributed by atoms with Gasteiger partial charge >= 0.3 is 0 Å². The van der Waals surface area contributed by atoms with E-state index in [4.69, 9.17) is 0 Å². The van der Waals surface area contributed by atoms with E-state index < -0.39 is 57.6 Å². The molecule has 2 aromatic heterocycles. The largest absolute Gasteiger partial charge is 0.506 e. The molecule has 0 radical (unpaired) electrons. The van der Waals surface area contributed by atoms with Crippen LogP contribution in [0.25, 0.3) is 11.0 Å². The molecule has 0 spiro atoms. The zero-order chi connectivity index (χ0) is 30.4. The van der Waals surface area contributed by atoms with Gasteiger partial charge in [-0.2, -0.15) is 8.42 Å². The number of aryl methyl sites for hydroxylation is 1. The van der Waals surface area contributed by atoms with E-state index in [9.17, 15) is 36.9 Å². The molecule has 14 nitrogen and oxygen atoms in total. The number of pyridine rings is 2. The van der Waals surface area contributed by atoms with Gasteiger partial charge in [0.1, 0.15) is 21.9 Å². The Labute approximate surface area is 239 Å². The smallest absolute Gasteiger partial charge is 0.286 e. The maximum absolute atomic E-state index is 13.6. The van der Waals surface area contributed by atoms with Crippen molar-refractivity contribution in [1.82, 2.24) is 9.55 Å². The van der Waals surface area contributed by atoms with Crippen molar-refractivity contribution >= 4 is 54.0 Å². The molecule has 5 rings (SSSR count). The lowest BCUT2D eigenvalue weighted by molar-refractivity contribution is -0.385. The molecule has 0 unspecified atom stereocenters. The molecule has 0 saturated carbocycles. The van der Waals surface area contributed by atoms with E-state index in [1.807, 2.05) is 13.8 Å². The van der Waals surface area contributed by atoms with Crippen molar-refractivity contribution in [1.29, 1.82) is 0 Å². The summed E-state index contributed by atoms with van der Waals surface area (Å²) in [5.41, 5.74) is -1.41. The SMILES string of the molecule is CC(C)CCn1c(=O)c(C2=NS(=O)(=O)c3cc(NS(=O)(=O)c4cccc([N+](=O)[O-])c4)ccc3N2)c(O)c2cccnc21. The summed E-state index contributed by atoms with van der Waals surface area (Å²) in [4.78, 5) is 27.3. The number of nitro groups is 1. The molecule has 0 amide bonds. The fourth-order valence-electron chi connectivity index (χ4n) is 4.38. The minimum atomic E-state index is -4.50. The molecule has 16 heteroatoms. The van der Waals surface area contributed by atoms with Crippen LogP contribution in [0.4, 0.5) is 17.1 Å². The minimum Gasteiger partial charge on any atom is -0.506 e. The summed E-state index contributed by atoms with van der Waals surface area (Å²) in [5, 5.41) is 25.1. The Hall–Kier alpha value is -4.83. The van der Waals surface area contributed by atoms with Crippen molar-refractivity contribution in [2.45, 2.75) is 36.6 Å². The minimum absolute atomic E-state index is 0.0166. The van der Waals surface area contributed by atoms with E-state index in [2.05, 4.69) is 19.4 Å². The molecule has 0 saturated heterocycles. The molecule has 3 N–H and O–H groups in total. The predicted octanol–water partition coefficient (Wildman–Crippen LogP) is 3.42. The summed E-state index contributed by atoms with van der Waals surface area (Å²) in [6.45, 7) is 4.23. The van der Waals surface area contributed by atoms with Crippen molar-refractivity contribution < 1.29 is 26.9 Å². The van der Waals surface area contributed by atoms with E-state index in [0.717, 1.165) is 24.3 Å². The van der Waals surface area contributed by atoms with E-state index >= 15 is 0 Å². The lowest BCUT2D eigenvalue weighted by Gasteiger charge is -2.21. The molecule has 3 heterocycles. The Balaban J connectivity index is 1.55. The zero-order valence-electron chi connectivity index (χ0n) is 22.2. The van der Waals surface area contributed by atoms with Crippen LogP contribution in [0.15, 0.2) is 79.8 Å². The molecule has 4 aromatic rings. The van der Waals surface area contributed by atoms with Crippen LogP contribution < -0.4 is 15.6 Å². The number of hydrogen-bond acceptors (Lipinski definition) is 10. The summed E-state index contributed by atoms with van der Waals surface area (Å²) in [6, 6.07) is 11.1. The molecule has 0 aliphatic carbocycles. The molecule has 218 valence electrons. The highest BCUT2D eigenvalue weighted by Crippen LogP contribution is 2.34. The summed E-state index contributed by atoms with van der Waals surface area (Å²) < 4.78 is 59.6. The van der Waals surface area contributed by atoms with E-state index in [-0.39, 0.29) is 40.4 Å². The fourth-order valence-corrected chi connectivity index (χ4v) is 6.62. The summed E-state index contributed by atoms with van der Waals surface area (Å²) in [5.74, 6) is -0.650. The predicted molar refractivity (Wildman–Crippen MR) is 155 cm³/mol. The topological polar surface area (TPSA) is 203 Å². The third kappa shape index (κ3) is 5.28. The van der Waals surface area contributed by atoms with Crippen molar-refractivity contribution in [3.05, 3.63) is 86.8 Å². The lowest BCUT2D eigenvalue weighted by atomic mass is 10.1. The highest BCUT2D eigenvalue weighted by molar-refractivity contribution is 7.92. The average molecular weight is 613 g/mol. The Morgan fingerprint density at radius 1 is 1.14 bits per heavy atom. The Bertz CT molecular complexity index is 2070. The first-order valence-electron chi connectivity index (χ1n) is 12.5. The van der Waals surface area contributed by atoms with Gasteiger partial charge in [0.05, 0.1) is 26.6 Å². The van der Waals surface area contributed by atoms with Crippen molar-refractivity contribution in [2.24, 2.45) is 10.3 Å². The third-order valence-corrected chi connectivity index (χ3v) is 9.17. The van der Waals surface area contributed by atoms with Gasteiger partial charge in [-0.3, -0.25) is 24.2 Å². The maximum atomic E-state index is 13.6. The second-order valence-corrected chi connectivity index (χ2v) is 13.1. The maximum Gasteiger partial charge on any atom is 0.286 e. The van der Waals surface area contributed by atoms with Gasteiger partial charge in [0.2, 0.25) is 0 Å². The van der Waals surface area contributed by atoms with Crippen LogP contribution in [0.1, 0.15) is 25.8 Å². The van der Waals surface area contributed by atoms with E-state index in [1.54, 1.807) is 12.1 Å². The van der Waals surface area contributed by atoms with Gasteiger partial charge in [-0.05, 0) is 48.7 Å². The molecule has 1 aliphatic heterocycles. The number of aromatic nitrogens is 2. The van der Waals surface area contributed by atoms with Crippen molar-refractivity contribution in [3.8, 4) is 5.75 Å². The normalized spacial score (nSPS) is 14.2. The van der Waals surface area contributed by atoms with Crippen LogP contribution >= 0.6 is 0 Å². The fraction of sp³-hybridized carbons (Fsp3) is 0.192. The number of fused-ring (bicyclic) bond motifs is 2. The number of nitrogens with one attached hydrogen (secondary N) is 2. The number of nitro benzene ring substituents is 1. The molecule has 42 heavy (non-hydrogen) atoms. The van der Waals surface area contributed by atoms with Crippen LogP contribution in [0.3, 0.4) is 0 Å². The molecule has 0 bridgehead atoms. The van der Waals surface area contributed by atoms with Gasteiger partial charge in [-0.1, -0.05) is 19.9 Å². The number of anilines is 2. The number of hydrogen-bond donors (Lipinski definition) is 3. The average Bonchev–Trinajstić information content (AvgIpc) is 2.93. The molecular weight excluding hydrogens is 588 g/mol. The number of non-ortho nitro benzene ring substituents is 1. The van der Waals surface area contributed by atoms with Gasteiger partial charge in [-0.15, -0.1) is 4.40 Å². The highest BCUT2D eigenvalue weighted by atomic mass is 32.2. The van der Waals surface area contributed by atoms with Crippen LogP contribution in [-0.4, -0.2) is 42.3 Å². The second kappa shape index (κ2) is 10.5. The Kier molecular flexibility index (Phi) is 7.20. The number of nitrogens with zero attached hydrogens (tertiary/aromatic N) is 4. The quantitative estimate of drug-likeness (QED) is 0.195. The first-order valence-corrected chi connectivity index (χ1v) is 15.4. The van der Waals surface area contributed by atoms with Crippen LogP contribution in [0.2, 0.25) is 0 Å². The molecule has 1 aliphatic rings. The first-order chi connectivity index (χ1) is 19.8. The van der Waals surface area contributed by atoms with Crippen molar-refractivity contribution in [2.75, 3.05) is 10.0 Å². The summed E-state index contributed by atoms with van der Waals surface area (Å²) in [6.07, 6.45) is 2.10. The molecule has 0 atom stereocenters. The number of rotatable bonds is 8. The summed E-state index contributed by atoms with van der Waals surface area (Å²) >= 11 is 0. The lowest BCUT2D eigenvalue weighted by Crippen LogP contribution is -2.33. The number of benzene rings is 2. The standard InChI is InChI=1S/C26H24N6O8S2/c1-15(2)10-12-31-25-19(7-4-11-27-25)23(33)22(26(31)34)24-28-20-9-8-16(13-21(20)42(39,40)30-24)29-41(37,38)18-6-3-5-17(14-18)32(35)36/h3-9,11,13-15,29,33H,10,12H2,1-2H3,(H,28,30). The van der Waals surface area contributed by atoms with E-state index in [1.165, 1.54) is 29.0 Å². The van der Waals surface area contributed by atoms with Gasteiger partial charge in [0.15, 0.2) is 5.84 Å². The zero-order valence-corrected chi connectivity index (χ0v) is 23.8. The second-order valence-electron chi connectivity index (χ2n) is 9.85. The van der Waals surface area contributed by atoms with Crippen molar-refractivity contribution in [3.63, 3.8) is 0 Å². The molecule has 0 fully saturated rings. The highest BCUT2D eigenvalue weighted by Gasteiger charge is 2.31. The van der Waals surface area contributed by atoms with Crippen LogP contribution in [0.5, 0.6) is 5.75 Å². The third-order valence-electron chi connectivity index (χ3n) is 6.48. The number of sulfonamides is 2. The van der Waals surface area contributed by atoms with Gasteiger partial charge in [0, 0.05) is 24.9 Å². The number of aromatic hydroxyl groups is 1. The number of amidine groups is 1. The van der Waals surface area contributed by atoms with Gasteiger partial charge < -0.3 is 10.4 Å². The van der Waals surface area contributed by atoms with Gasteiger partial charge in [0.25, 0.3) is 31.3 Å².